The van der Waals surface area contributed by atoms with E-state index >= 15 is 0 Å². The van der Waals surface area contributed by atoms with Crippen LogP contribution in [-0.4, -0.2) is 32.7 Å². The zero-order valence-electron chi connectivity index (χ0n) is 20.5. The monoisotopic (exact) mass is 531 g/mol. The maximum atomic E-state index is 13.2. The number of halogens is 1. The molecule has 0 bridgehead atoms. The fraction of sp³-hybridized carbons (Fsp3) is 0.103. The molecule has 0 saturated heterocycles. The van der Waals surface area contributed by atoms with Crippen molar-refractivity contribution in [1.29, 1.82) is 0 Å². The summed E-state index contributed by atoms with van der Waals surface area (Å²) in [4.78, 5) is 26.1. The predicted molar refractivity (Wildman–Crippen MR) is 146 cm³/mol. The molecule has 4 aromatic rings. The van der Waals surface area contributed by atoms with Crippen LogP contribution >= 0.6 is 0 Å². The fourth-order valence-corrected chi connectivity index (χ4v) is 4.82. The van der Waals surface area contributed by atoms with Gasteiger partial charge in [-0.15, -0.1) is 0 Å². The molecule has 3 N–H and O–H groups in total. The number of hydrogen-bond acceptors (Lipinski definition) is 4. The van der Waals surface area contributed by atoms with Gasteiger partial charge in [0.15, 0.2) is 9.84 Å². The number of amides is 3. The van der Waals surface area contributed by atoms with Crippen molar-refractivity contribution in [2.24, 2.45) is 0 Å². The number of benzene rings is 4. The molecule has 38 heavy (non-hydrogen) atoms. The number of carbonyl (C=O) groups is 2. The molecule has 0 aliphatic rings. The summed E-state index contributed by atoms with van der Waals surface area (Å²) in [5.74, 6) is -0.865. The maximum absolute atomic E-state index is 13.2. The van der Waals surface area contributed by atoms with E-state index < -0.39 is 33.6 Å². The second kappa shape index (κ2) is 11.7. The predicted octanol–water partition coefficient (Wildman–Crippen LogP) is 5.27. The average molecular weight is 532 g/mol. The highest BCUT2D eigenvalue weighted by molar-refractivity contribution is 7.90. The third-order valence-corrected chi connectivity index (χ3v) is 6.91. The highest BCUT2D eigenvalue weighted by Gasteiger charge is 2.22. The molecule has 3 amide bonds. The van der Waals surface area contributed by atoms with E-state index in [4.69, 9.17) is 0 Å². The summed E-state index contributed by atoms with van der Waals surface area (Å²) in [5.41, 5.74) is 2.96. The van der Waals surface area contributed by atoms with E-state index in [0.717, 1.165) is 11.8 Å². The Labute approximate surface area is 220 Å². The van der Waals surface area contributed by atoms with E-state index in [9.17, 15) is 22.4 Å². The number of rotatable bonds is 8. The van der Waals surface area contributed by atoms with Gasteiger partial charge in [-0.2, -0.15) is 0 Å². The largest absolute Gasteiger partial charge is 0.326 e. The molecule has 0 heterocycles. The van der Waals surface area contributed by atoms with E-state index in [2.05, 4.69) is 16.0 Å². The molecule has 0 spiro atoms. The van der Waals surface area contributed by atoms with Crippen molar-refractivity contribution in [1.82, 2.24) is 5.32 Å². The van der Waals surface area contributed by atoms with Gasteiger partial charge in [0, 0.05) is 29.6 Å². The van der Waals surface area contributed by atoms with Crippen LogP contribution in [0.4, 0.5) is 20.6 Å². The van der Waals surface area contributed by atoms with Crippen molar-refractivity contribution in [2.45, 2.75) is 17.4 Å². The molecular weight excluding hydrogens is 505 g/mol. The summed E-state index contributed by atoms with van der Waals surface area (Å²) in [6.45, 7) is 0. The Morgan fingerprint density at radius 3 is 2.00 bits per heavy atom. The van der Waals surface area contributed by atoms with Gasteiger partial charge in [-0.25, -0.2) is 17.6 Å². The molecule has 0 aliphatic heterocycles. The van der Waals surface area contributed by atoms with Gasteiger partial charge < -0.3 is 16.0 Å². The van der Waals surface area contributed by atoms with Crippen molar-refractivity contribution >= 4 is 33.2 Å². The standard InChI is InChI=1S/C29H26FN3O4S/c1-38(36,37)27-10-6-5-9-25(27)21-11-15-23(16-12-21)31-28(34)26(19-20-7-3-2-4-8-20)33-29(35)32-24-17-13-22(30)14-18-24/h2-18,26H,19H2,1H3,(H,31,34)(H2,32,33,35). The normalized spacial score (nSPS) is 11.8. The molecule has 0 aromatic heterocycles. The van der Waals surface area contributed by atoms with Gasteiger partial charge in [-0.1, -0.05) is 60.7 Å². The summed E-state index contributed by atoms with van der Waals surface area (Å²) < 4.78 is 37.5. The second-order valence-electron chi connectivity index (χ2n) is 8.68. The summed E-state index contributed by atoms with van der Waals surface area (Å²) in [6, 6.07) is 26.5. The quantitative estimate of drug-likeness (QED) is 0.288. The van der Waals surface area contributed by atoms with Crippen LogP contribution in [0.25, 0.3) is 11.1 Å². The third-order valence-electron chi connectivity index (χ3n) is 5.76. The first kappa shape index (κ1) is 26.6. The van der Waals surface area contributed by atoms with Gasteiger partial charge in [0.2, 0.25) is 5.91 Å². The molecule has 4 aromatic carbocycles. The van der Waals surface area contributed by atoms with Crippen LogP contribution in [0.15, 0.2) is 108 Å². The molecule has 4 rings (SSSR count). The first-order valence-electron chi connectivity index (χ1n) is 11.8. The average Bonchev–Trinajstić information content (AvgIpc) is 2.90. The summed E-state index contributed by atoms with van der Waals surface area (Å²) in [6.07, 6.45) is 1.40. The molecule has 0 fully saturated rings. The van der Waals surface area contributed by atoms with Crippen LogP contribution < -0.4 is 16.0 Å². The Balaban J connectivity index is 1.50. The Kier molecular flexibility index (Phi) is 8.18. The van der Waals surface area contributed by atoms with Crippen molar-refractivity contribution in [3.8, 4) is 11.1 Å². The molecule has 9 heteroatoms. The number of carbonyl (C=O) groups excluding carboxylic acids is 2. The minimum atomic E-state index is -3.42. The van der Waals surface area contributed by atoms with E-state index in [1.807, 2.05) is 30.3 Å². The van der Waals surface area contributed by atoms with Crippen molar-refractivity contribution in [2.75, 3.05) is 16.9 Å². The molecule has 7 nitrogen and oxygen atoms in total. The first-order chi connectivity index (χ1) is 18.2. The summed E-state index contributed by atoms with van der Waals surface area (Å²) in [7, 11) is -3.42. The van der Waals surface area contributed by atoms with Gasteiger partial charge in [0.1, 0.15) is 11.9 Å². The zero-order chi connectivity index (χ0) is 27.1. The Morgan fingerprint density at radius 1 is 0.763 bits per heavy atom. The van der Waals surface area contributed by atoms with Gasteiger partial charge in [-0.05, 0) is 53.6 Å². The van der Waals surface area contributed by atoms with Crippen molar-refractivity contribution < 1.29 is 22.4 Å². The molecule has 0 radical (unpaired) electrons. The highest BCUT2D eigenvalue weighted by Crippen LogP contribution is 2.28. The number of urea groups is 1. The molecule has 1 unspecified atom stereocenters. The van der Waals surface area contributed by atoms with Gasteiger partial charge in [0.25, 0.3) is 0 Å². The van der Waals surface area contributed by atoms with Crippen LogP contribution in [0.3, 0.4) is 0 Å². The molecule has 0 saturated carbocycles. The summed E-state index contributed by atoms with van der Waals surface area (Å²) >= 11 is 0. The lowest BCUT2D eigenvalue weighted by molar-refractivity contribution is -0.117. The van der Waals surface area contributed by atoms with E-state index in [0.29, 0.717) is 22.5 Å². The van der Waals surface area contributed by atoms with Crippen LogP contribution in [0.2, 0.25) is 0 Å². The molecular formula is C29H26FN3O4S. The third kappa shape index (κ3) is 7.04. The van der Waals surface area contributed by atoms with Gasteiger partial charge >= 0.3 is 6.03 Å². The topological polar surface area (TPSA) is 104 Å². The fourth-order valence-electron chi connectivity index (χ4n) is 3.91. The van der Waals surface area contributed by atoms with Crippen molar-refractivity contribution in [3.63, 3.8) is 0 Å². The Hall–Kier alpha value is -4.50. The number of nitrogens with one attached hydrogen (secondary N) is 3. The minimum absolute atomic E-state index is 0.219. The van der Waals surface area contributed by atoms with Crippen LogP contribution in [0, 0.1) is 5.82 Å². The number of anilines is 2. The van der Waals surface area contributed by atoms with E-state index in [-0.39, 0.29) is 11.3 Å². The first-order valence-corrected chi connectivity index (χ1v) is 13.7. The summed E-state index contributed by atoms with van der Waals surface area (Å²) in [5, 5.41) is 8.10. The maximum Gasteiger partial charge on any atom is 0.319 e. The molecule has 1 atom stereocenters. The van der Waals surface area contributed by atoms with Crippen LogP contribution in [-0.2, 0) is 21.1 Å². The van der Waals surface area contributed by atoms with E-state index in [1.54, 1.807) is 48.5 Å². The second-order valence-corrected chi connectivity index (χ2v) is 10.7. The lowest BCUT2D eigenvalue weighted by atomic mass is 10.0. The van der Waals surface area contributed by atoms with Gasteiger partial charge in [0.05, 0.1) is 4.90 Å². The Morgan fingerprint density at radius 2 is 1.34 bits per heavy atom. The smallest absolute Gasteiger partial charge is 0.319 e. The number of hydrogen-bond donors (Lipinski definition) is 3. The Bertz CT molecular complexity index is 1520. The molecule has 194 valence electrons. The minimum Gasteiger partial charge on any atom is -0.326 e. The lowest BCUT2D eigenvalue weighted by Crippen LogP contribution is -2.46. The van der Waals surface area contributed by atoms with E-state index in [1.165, 1.54) is 24.3 Å². The highest BCUT2D eigenvalue weighted by atomic mass is 32.2. The van der Waals surface area contributed by atoms with Crippen LogP contribution in [0.1, 0.15) is 5.56 Å². The van der Waals surface area contributed by atoms with Crippen LogP contribution in [0.5, 0.6) is 0 Å². The van der Waals surface area contributed by atoms with Gasteiger partial charge in [-0.3, -0.25) is 4.79 Å². The lowest BCUT2D eigenvalue weighted by Gasteiger charge is -2.19. The number of sulfone groups is 1. The molecule has 0 aliphatic carbocycles. The zero-order valence-corrected chi connectivity index (χ0v) is 21.3. The van der Waals surface area contributed by atoms with Crippen molar-refractivity contribution in [3.05, 3.63) is 115 Å². The SMILES string of the molecule is CS(=O)(=O)c1ccccc1-c1ccc(NC(=O)C(Cc2ccccc2)NC(=O)Nc2ccc(F)cc2)cc1.